The summed E-state index contributed by atoms with van der Waals surface area (Å²) >= 11 is 0. The van der Waals surface area contributed by atoms with Gasteiger partial charge < -0.3 is 5.11 Å². The number of sulfone groups is 1. The van der Waals surface area contributed by atoms with Crippen molar-refractivity contribution < 1.29 is 17.9 Å². The number of rotatable bonds is 3. The molecule has 26 heavy (non-hydrogen) atoms. The van der Waals surface area contributed by atoms with Crippen LogP contribution in [0.25, 0.3) is 0 Å². The lowest BCUT2D eigenvalue weighted by molar-refractivity contribution is 0.110. The molecule has 0 unspecified atom stereocenters. The van der Waals surface area contributed by atoms with E-state index in [2.05, 4.69) is 5.18 Å². The molecule has 0 amide bonds. The molecule has 0 aliphatic carbocycles. The van der Waals surface area contributed by atoms with Gasteiger partial charge in [-0.3, -0.25) is 0 Å². The standard InChI is InChI=1S/C18H19BFNO4S/c1-2-18(19)10-26(24,25)15-7-6-12(20)9-14(15)16(17(18)22)11-4-3-5-13(8-11)21-23/h3-9,16-17,22H,2,10,19H2,1H3/t16-,17-,18-/m0/s1. The van der Waals surface area contributed by atoms with Gasteiger partial charge in [-0.05, 0) is 51.9 Å². The van der Waals surface area contributed by atoms with Crippen molar-refractivity contribution in [2.75, 3.05) is 5.75 Å². The Kier molecular flexibility index (Phi) is 4.75. The van der Waals surface area contributed by atoms with Gasteiger partial charge in [-0.15, -0.1) is 4.91 Å². The number of nitrogens with zero attached hydrogens (tertiary/aromatic N) is 1. The first-order valence-electron chi connectivity index (χ1n) is 8.35. The Morgan fingerprint density at radius 3 is 2.69 bits per heavy atom. The highest BCUT2D eigenvalue weighted by atomic mass is 32.2. The predicted octanol–water partition coefficient (Wildman–Crippen LogP) is 2.71. The van der Waals surface area contributed by atoms with Crippen molar-refractivity contribution in [3.8, 4) is 0 Å². The number of aliphatic hydroxyl groups is 1. The Morgan fingerprint density at radius 2 is 2.04 bits per heavy atom. The molecular weight excluding hydrogens is 356 g/mol. The second-order valence-corrected chi connectivity index (χ2v) is 9.02. The lowest BCUT2D eigenvalue weighted by Crippen LogP contribution is -2.37. The topological polar surface area (TPSA) is 83.8 Å². The van der Waals surface area contributed by atoms with E-state index in [4.69, 9.17) is 0 Å². The first-order chi connectivity index (χ1) is 12.2. The molecule has 0 saturated heterocycles. The number of fused-ring (bicyclic) bond motifs is 1. The summed E-state index contributed by atoms with van der Waals surface area (Å²) in [6.07, 6.45) is -0.654. The maximum atomic E-state index is 14.0. The maximum absolute atomic E-state index is 14.0. The number of halogens is 1. The molecule has 0 saturated carbocycles. The highest BCUT2D eigenvalue weighted by molar-refractivity contribution is 7.91. The zero-order valence-electron chi connectivity index (χ0n) is 14.5. The van der Waals surface area contributed by atoms with E-state index in [1.165, 1.54) is 18.2 Å². The fraction of sp³-hybridized carbons (Fsp3) is 0.333. The number of hydrogen-bond donors (Lipinski definition) is 1. The molecule has 2 aromatic carbocycles. The average Bonchev–Trinajstić information content (AvgIpc) is 2.67. The van der Waals surface area contributed by atoms with Crippen molar-refractivity contribution in [1.29, 1.82) is 0 Å². The Labute approximate surface area is 152 Å². The smallest absolute Gasteiger partial charge is 0.178 e. The molecule has 8 heteroatoms. The second-order valence-electron chi connectivity index (χ2n) is 7.06. The van der Waals surface area contributed by atoms with Crippen LogP contribution in [0.4, 0.5) is 10.1 Å². The van der Waals surface area contributed by atoms with Crippen LogP contribution < -0.4 is 0 Å². The van der Waals surface area contributed by atoms with Crippen molar-refractivity contribution in [1.82, 2.24) is 0 Å². The monoisotopic (exact) mass is 375 g/mol. The molecule has 0 spiro atoms. The SMILES string of the molecule is B[C@@]1(CC)CS(=O)(=O)c2ccc(F)cc2[C@H](c2cccc(N=O)c2)[C@@H]1O. The maximum Gasteiger partial charge on any atom is 0.178 e. The Bertz CT molecular complexity index is 965. The fourth-order valence-electron chi connectivity index (χ4n) is 3.66. The molecular formula is C18H19BFNO4S. The van der Waals surface area contributed by atoms with E-state index in [1.807, 2.05) is 6.92 Å². The molecule has 1 aliphatic heterocycles. The predicted molar refractivity (Wildman–Crippen MR) is 99.7 cm³/mol. The minimum atomic E-state index is -3.72. The molecule has 0 radical (unpaired) electrons. The van der Waals surface area contributed by atoms with Crippen LogP contribution in [0.15, 0.2) is 52.5 Å². The van der Waals surface area contributed by atoms with Gasteiger partial charge in [0, 0.05) is 5.92 Å². The van der Waals surface area contributed by atoms with Gasteiger partial charge in [-0.1, -0.05) is 25.5 Å². The van der Waals surface area contributed by atoms with Crippen LogP contribution in [0, 0.1) is 10.7 Å². The number of benzene rings is 2. The fourth-order valence-corrected chi connectivity index (χ4v) is 5.88. The van der Waals surface area contributed by atoms with Crippen molar-refractivity contribution in [3.05, 3.63) is 64.3 Å². The summed E-state index contributed by atoms with van der Waals surface area (Å²) in [5.41, 5.74) is 0.897. The van der Waals surface area contributed by atoms with E-state index in [0.29, 0.717) is 12.0 Å². The Morgan fingerprint density at radius 1 is 1.31 bits per heavy atom. The van der Waals surface area contributed by atoms with Crippen molar-refractivity contribution >= 4 is 23.4 Å². The van der Waals surface area contributed by atoms with Gasteiger partial charge in [-0.2, -0.15) is 0 Å². The van der Waals surface area contributed by atoms with Gasteiger partial charge in [0.05, 0.1) is 16.8 Å². The van der Waals surface area contributed by atoms with Crippen LogP contribution in [0.5, 0.6) is 0 Å². The van der Waals surface area contributed by atoms with Crippen LogP contribution in [0.3, 0.4) is 0 Å². The van der Waals surface area contributed by atoms with E-state index < -0.39 is 33.0 Å². The van der Waals surface area contributed by atoms with Crippen LogP contribution >= 0.6 is 0 Å². The molecule has 3 atom stereocenters. The molecule has 3 rings (SSSR count). The van der Waals surface area contributed by atoms with Gasteiger partial charge in [-0.25, -0.2) is 12.8 Å². The number of aliphatic hydroxyl groups excluding tert-OH is 1. The highest BCUT2D eigenvalue weighted by Crippen LogP contribution is 2.48. The minimum Gasteiger partial charge on any atom is -0.392 e. The van der Waals surface area contributed by atoms with Crippen molar-refractivity contribution in [2.24, 2.45) is 5.18 Å². The number of nitroso groups, excluding NO2 is 1. The summed E-state index contributed by atoms with van der Waals surface area (Å²) < 4.78 is 39.8. The minimum absolute atomic E-state index is 0.0181. The first kappa shape index (κ1) is 18.7. The first-order valence-corrected chi connectivity index (χ1v) is 10.0. The third-order valence-electron chi connectivity index (χ3n) is 5.33. The third-order valence-corrected chi connectivity index (χ3v) is 7.42. The largest absolute Gasteiger partial charge is 0.392 e. The summed E-state index contributed by atoms with van der Waals surface area (Å²) in [4.78, 5) is 10.9. The molecule has 1 heterocycles. The molecule has 1 N–H and O–H groups in total. The van der Waals surface area contributed by atoms with E-state index in [1.54, 1.807) is 20.0 Å². The van der Waals surface area contributed by atoms with Crippen molar-refractivity contribution in [3.63, 3.8) is 0 Å². The quantitative estimate of drug-likeness (QED) is 0.508. The molecule has 0 fully saturated rings. The van der Waals surface area contributed by atoms with Crippen LogP contribution in [-0.2, 0) is 9.84 Å². The van der Waals surface area contributed by atoms with Gasteiger partial charge in [0.2, 0.25) is 0 Å². The summed E-state index contributed by atoms with van der Waals surface area (Å²) in [7, 11) is -2.00. The number of hydrogen-bond acceptors (Lipinski definition) is 5. The molecule has 0 aromatic heterocycles. The third kappa shape index (κ3) is 3.08. The van der Waals surface area contributed by atoms with E-state index in [9.17, 15) is 22.8 Å². The Hall–Kier alpha value is -2.06. The molecule has 136 valence electrons. The molecule has 1 aliphatic rings. The van der Waals surface area contributed by atoms with Crippen LogP contribution in [0.2, 0.25) is 5.31 Å². The molecule has 0 bridgehead atoms. The van der Waals surface area contributed by atoms with Crippen LogP contribution in [-0.4, -0.2) is 33.2 Å². The average molecular weight is 375 g/mol. The lowest BCUT2D eigenvalue weighted by Gasteiger charge is -2.36. The van der Waals surface area contributed by atoms with E-state index in [0.717, 1.165) is 12.1 Å². The van der Waals surface area contributed by atoms with Gasteiger partial charge in [0.1, 0.15) is 19.4 Å². The van der Waals surface area contributed by atoms with E-state index in [-0.39, 0.29) is 21.9 Å². The zero-order chi connectivity index (χ0) is 19.1. The van der Waals surface area contributed by atoms with Crippen LogP contribution in [0.1, 0.15) is 30.4 Å². The van der Waals surface area contributed by atoms with Gasteiger partial charge in [0.15, 0.2) is 9.84 Å². The summed E-state index contributed by atoms with van der Waals surface area (Å²) in [5.74, 6) is -1.61. The second kappa shape index (κ2) is 6.59. The highest BCUT2D eigenvalue weighted by Gasteiger charge is 2.46. The summed E-state index contributed by atoms with van der Waals surface area (Å²) in [6.45, 7) is 1.82. The van der Waals surface area contributed by atoms with Gasteiger partial charge >= 0.3 is 0 Å². The molecule has 5 nitrogen and oxygen atoms in total. The zero-order valence-corrected chi connectivity index (χ0v) is 15.3. The van der Waals surface area contributed by atoms with E-state index >= 15 is 0 Å². The van der Waals surface area contributed by atoms with Gasteiger partial charge in [0.25, 0.3) is 0 Å². The normalized spacial score (nSPS) is 27.3. The molecule has 2 aromatic rings. The lowest BCUT2D eigenvalue weighted by atomic mass is 9.60. The summed E-state index contributed by atoms with van der Waals surface area (Å²) in [5, 5.41) is 13.1. The van der Waals surface area contributed by atoms with Crippen molar-refractivity contribution in [2.45, 2.75) is 35.6 Å². The summed E-state index contributed by atoms with van der Waals surface area (Å²) in [6, 6.07) is 9.83. The Balaban J connectivity index is 2.34.